The van der Waals surface area contributed by atoms with Crippen molar-refractivity contribution in [3.63, 3.8) is 0 Å². The van der Waals surface area contributed by atoms with Crippen LogP contribution in [0.2, 0.25) is 0 Å². The predicted molar refractivity (Wildman–Crippen MR) is 77.7 cm³/mol. The molecule has 2 rings (SSSR count). The number of thiophene rings is 1. The van der Waals surface area contributed by atoms with Crippen LogP contribution < -0.4 is 5.32 Å². The molecule has 2 aromatic heterocycles. The van der Waals surface area contributed by atoms with Crippen molar-refractivity contribution in [3.8, 4) is 10.7 Å². The topological polar surface area (TPSA) is 71.3 Å². The van der Waals surface area contributed by atoms with Crippen molar-refractivity contribution in [3.05, 3.63) is 22.9 Å². The van der Waals surface area contributed by atoms with E-state index >= 15 is 0 Å². The fraction of sp³-hybridized carbons (Fsp3) is 0.462. The average molecular weight is 348 g/mol. The van der Waals surface area contributed by atoms with Gasteiger partial charge in [0.05, 0.1) is 11.4 Å². The van der Waals surface area contributed by atoms with Crippen LogP contribution in [-0.2, 0) is 12.7 Å². The van der Waals surface area contributed by atoms with E-state index < -0.39 is 12.1 Å². The highest BCUT2D eigenvalue weighted by Gasteiger charge is 2.38. The Morgan fingerprint density at radius 3 is 2.65 bits per heavy atom. The first-order chi connectivity index (χ1) is 10.7. The quantitative estimate of drug-likeness (QED) is 0.920. The number of urea groups is 1. The molecule has 23 heavy (non-hydrogen) atoms. The zero-order valence-corrected chi connectivity index (χ0v) is 13.5. The highest BCUT2D eigenvalue weighted by molar-refractivity contribution is 7.15. The Kier molecular flexibility index (Phi) is 4.93. The normalized spacial score (nSPS) is 11.8. The lowest BCUT2D eigenvalue weighted by atomic mass is 10.3. The third-order valence-corrected chi connectivity index (χ3v) is 4.04. The zero-order chi connectivity index (χ0) is 17.2. The molecule has 0 unspecified atom stereocenters. The van der Waals surface area contributed by atoms with Crippen molar-refractivity contribution in [2.24, 2.45) is 0 Å². The van der Waals surface area contributed by atoms with Gasteiger partial charge in [-0.2, -0.15) is 18.2 Å². The van der Waals surface area contributed by atoms with Crippen molar-refractivity contribution in [1.29, 1.82) is 0 Å². The van der Waals surface area contributed by atoms with E-state index in [0.29, 0.717) is 11.4 Å². The Labute approximate surface area is 134 Å². The lowest BCUT2D eigenvalue weighted by Gasteiger charge is -2.25. The number of hydrogen-bond donors (Lipinski definition) is 1. The maximum Gasteiger partial charge on any atom is 0.471 e. The first-order valence-corrected chi connectivity index (χ1v) is 7.52. The smallest absolute Gasteiger partial charge is 0.341 e. The highest BCUT2D eigenvalue weighted by Crippen LogP contribution is 2.32. The van der Waals surface area contributed by atoms with E-state index in [1.807, 2.05) is 13.8 Å². The van der Waals surface area contributed by atoms with E-state index in [-0.39, 0.29) is 17.9 Å². The van der Waals surface area contributed by atoms with Crippen LogP contribution in [0.15, 0.2) is 16.7 Å². The minimum Gasteiger partial charge on any atom is -0.341 e. The van der Waals surface area contributed by atoms with Crippen LogP contribution in [0.4, 0.5) is 18.0 Å². The summed E-state index contributed by atoms with van der Waals surface area (Å²) in [6, 6.07) is 3.08. The van der Waals surface area contributed by atoms with Gasteiger partial charge in [0, 0.05) is 18.0 Å². The predicted octanol–water partition coefficient (Wildman–Crippen LogP) is 3.37. The van der Waals surface area contributed by atoms with Crippen molar-refractivity contribution in [2.75, 3.05) is 7.05 Å². The molecule has 0 bridgehead atoms. The number of rotatable bonds is 4. The summed E-state index contributed by atoms with van der Waals surface area (Å²) in [6.07, 6.45) is -4.67. The Balaban J connectivity index is 2.17. The molecule has 0 atom stereocenters. The van der Waals surface area contributed by atoms with Gasteiger partial charge in [-0.05, 0) is 26.0 Å². The van der Waals surface area contributed by atoms with Gasteiger partial charge in [-0.1, -0.05) is 5.16 Å². The van der Waals surface area contributed by atoms with Crippen molar-refractivity contribution >= 4 is 17.4 Å². The second-order valence-corrected chi connectivity index (χ2v) is 6.13. The molecule has 2 amide bonds. The lowest BCUT2D eigenvalue weighted by molar-refractivity contribution is -0.159. The largest absolute Gasteiger partial charge is 0.471 e. The summed E-state index contributed by atoms with van der Waals surface area (Å²) >= 11 is 1.21. The Morgan fingerprint density at radius 2 is 2.13 bits per heavy atom. The molecule has 2 aromatic rings. The molecule has 0 aliphatic heterocycles. The summed E-state index contributed by atoms with van der Waals surface area (Å²) in [5.74, 6) is -1.50. The second kappa shape index (κ2) is 6.57. The number of carbonyl (C=O) groups is 1. The summed E-state index contributed by atoms with van der Waals surface area (Å²) in [4.78, 5) is 18.0. The molecule has 0 saturated heterocycles. The summed E-state index contributed by atoms with van der Waals surface area (Å²) in [5.41, 5.74) is 0. The number of nitrogens with one attached hydrogen (secondary N) is 1. The van der Waals surface area contributed by atoms with Gasteiger partial charge in [0.15, 0.2) is 0 Å². The third kappa shape index (κ3) is 4.01. The molecule has 0 spiro atoms. The zero-order valence-electron chi connectivity index (χ0n) is 12.6. The molecule has 0 fully saturated rings. The molecular formula is C13H15F3N4O2S. The summed E-state index contributed by atoms with van der Waals surface area (Å²) in [7, 11) is 1.54. The van der Waals surface area contributed by atoms with Gasteiger partial charge in [0.1, 0.15) is 0 Å². The number of hydrogen-bond acceptors (Lipinski definition) is 5. The SMILES string of the molecule is CNC(=O)N(Cc1ccc(-c2noc(C(F)(F)F)n2)s1)C(C)C. The van der Waals surface area contributed by atoms with Gasteiger partial charge < -0.3 is 14.7 Å². The molecule has 0 aliphatic carbocycles. The number of alkyl halides is 3. The molecular weight excluding hydrogens is 333 g/mol. The fourth-order valence-electron chi connectivity index (χ4n) is 1.82. The van der Waals surface area contributed by atoms with Crippen LogP contribution in [0.3, 0.4) is 0 Å². The van der Waals surface area contributed by atoms with Crippen LogP contribution in [0.25, 0.3) is 10.7 Å². The van der Waals surface area contributed by atoms with Crippen molar-refractivity contribution < 1.29 is 22.5 Å². The van der Waals surface area contributed by atoms with Crippen molar-refractivity contribution in [1.82, 2.24) is 20.4 Å². The molecule has 2 heterocycles. The molecule has 1 N–H and O–H groups in total. The number of halogens is 3. The fourth-order valence-corrected chi connectivity index (χ4v) is 2.75. The van der Waals surface area contributed by atoms with Crippen LogP contribution >= 0.6 is 11.3 Å². The number of aromatic nitrogens is 2. The molecule has 0 saturated carbocycles. The van der Waals surface area contributed by atoms with E-state index in [2.05, 4.69) is 20.0 Å². The van der Waals surface area contributed by atoms with Gasteiger partial charge in [-0.15, -0.1) is 11.3 Å². The minimum atomic E-state index is -4.67. The molecule has 0 aromatic carbocycles. The first kappa shape index (κ1) is 17.3. The van der Waals surface area contributed by atoms with Gasteiger partial charge in [-0.25, -0.2) is 4.79 Å². The molecule has 126 valence electrons. The Hall–Kier alpha value is -2.10. The Morgan fingerprint density at radius 1 is 1.43 bits per heavy atom. The molecule has 10 heteroatoms. The standard InChI is InChI=1S/C13H15F3N4O2S/c1-7(2)20(12(21)17-3)6-8-4-5-9(23-8)10-18-11(22-19-10)13(14,15)16/h4-5,7H,6H2,1-3H3,(H,17,21). The number of nitrogens with zero attached hydrogens (tertiary/aromatic N) is 3. The van der Waals surface area contributed by atoms with E-state index in [0.717, 1.165) is 4.88 Å². The van der Waals surface area contributed by atoms with Gasteiger partial charge >= 0.3 is 18.1 Å². The lowest BCUT2D eigenvalue weighted by Crippen LogP contribution is -2.41. The highest BCUT2D eigenvalue weighted by atomic mass is 32.1. The summed E-state index contributed by atoms with van der Waals surface area (Å²) in [5, 5.41) is 5.90. The van der Waals surface area contributed by atoms with Gasteiger partial charge in [-0.3, -0.25) is 0 Å². The third-order valence-electron chi connectivity index (χ3n) is 2.97. The average Bonchev–Trinajstić information content (AvgIpc) is 3.11. The Bertz CT molecular complexity index is 681. The van der Waals surface area contributed by atoms with Crippen molar-refractivity contribution in [2.45, 2.75) is 32.6 Å². The van der Waals surface area contributed by atoms with E-state index in [1.165, 1.54) is 18.4 Å². The minimum absolute atomic E-state index is 0.0255. The molecule has 0 radical (unpaired) electrons. The monoisotopic (exact) mass is 348 g/mol. The van der Waals surface area contributed by atoms with E-state index in [9.17, 15) is 18.0 Å². The van der Waals surface area contributed by atoms with Crippen LogP contribution in [-0.4, -0.2) is 34.2 Å². The number of carbonyl (C=O) groups excluding carboxylic acids is 1. The van der Waals surface area contributed by atoms with Crippen LogP contribution in [0.5, 0.6) is 0 Å². The summed E-state index contributed by atoms with van der Waals surface area (Å²) in [6.45, 7) is 4.09. The maximum absolute atomic E-state index is 12.5. The second-order valence-electron chi connectivity index (χ2n) is 4.96. The van der Waals surface area contributed by atoms with Gasteiger partial charge in [0.25, 0.3) is 0 Å². The van der Waals surface area contributed by atoms with E-state index in [1.54, 1.807) is 17.0 Å². The molecule has 6 nitrogen and oxygen atoms in total. The molecule has 0 aliphatic rings. The first-order valence-electron chi connectivity index (χ1n) is 6.70. The van der Waals surface area contributed by atoms with Gasteiger partial charge in [0.2, 0.25) is 5.82 Å². The van der Waals surface area contributed by atoms with E-state index in [4.69, 9.17) is 0 Å². The van der Waals surface area contributed by atoms with Crippen LogP contribution in [0.1, 0.15) is 24.6 Å². The van der Waals surface area contributed by atoms with Crippen LogP contribution in [0, 0.1) is 0 Å². The maximum atomic E-state index is 12.5. The number of amides is 2. The summed E-state index contributed by atoms with van der Waals surface area (Å²) < 4.78 is 41.6.